The standard InChI is InChI=1S/C19H28N6O3S/c1-13-6-7-15(18-20-14(2)22-23-18)16(10-13)21-17(26)11-24-8-9-25(29(5,27)28)12-19(24,3)4/h6-7,10H,8-9,11-12H2,1-5H3,(H,21,26)(H,20,22,23). The zero-order valence-electron chi connectivity index (χ0n) is 17.5. The van der Waals surface area contributed by atoms with Gasteiger partial charge in [0.1, 0.15) is 5.82 Å². The van der Waals surface area contributed by atoms with Crippen LogP contribution in [0.5, 0.6) is 0 Å². The van der Waals surface area contributed by atoms with Gasteiger partial charge in [-0.05, 0) is 45.4 Å². The number of hydrogen-bond donors (Lipinski definition) is 2. The van der Waals surface area contributed by atoms with Gasteiger partial charge in [-0.1, -0.05) is 6.07 Å². The quantitative estimate of drug-likeness (QED) is 0.756. The molecule has 1 aromatic carbocycles. The van der Waals surface area contributed by atoms with Gasteiger partial charge in [0.15, 0.2) is 5.82 Å². The number of carbonyl (C=O) groups excluding carboxylic acids is 1. The highest BCUT2D eigenvalue weighted by molar-refractivity contribution is 7.88. The maximum Gasteiger partial charge on any atom is 0.238 e. The van der Waals surface area contributed by atoms with E-state index >= 15 is 0 Å². The third kappa shape index (κ3) is 5.01. The molecule has 29 heavy (non-hydrogen) atoms. The summed E-state index contributed by atoms with van der Waals surface area (Å²) in [5, 5.41) is 9.99. The highest BCUT2D eigenvalue weighted by atomic mass is 32.2. The van der Waals surface area contributed by atoms with E-state index in [9.17, 15) is 13.2 Å². The molecule has 2 heterocycles. The summed E-state index contributed by atoms with van der Waals surface area (Å²) in [6.07, 6.45) is 1.22. The lowest BCUT2D eigenvalue weighted by Crippen LogP contribution is -2.61. The maximum absolute atomic E-state index is 12.8. The molecule has 0 radical (unpaired) electrons. The van der Waals surface area contributed by atoms with E-state index in [1.165, 1.54) is 10.6 Å². The molecule has 1 aliphatic heterocycles. The molecule has 1 aromatic heterocycles. The van der Waals surface area contributed by atoms with Crippen LogP contribution in [0.4, 0.5) is 5.69 Å². The molecule has 3 rings (SSSR count). The van der Waals surface area contributed by atoms with Crippen molar-refractivity contribution < 1.29 is 13.2 Å². The first-order valence-electron chi connectivity index (χ1n) is 9.46. The Morgan fingerprint density at radius 3 is 2.59 bits per heavy atom. The van der Waals surface area contributed by atoms with Gasteiger partial charge >= 0.3 is 0 Å². The number of sulfonamides is 1. The number of rotatable bonds is 5. The first-order chi connectivity index (χ1) is 13.5. The summed E-state index contributed by atoms with van der Waals surface area (Å²) in [5.41, 5.74) is 1.96. The number of nitrogens with one attached hydrogen (secondary N) is 2. The van der Waals surface area contributed by atoms with Gasteiger partial charge < -0.3 is 5.32 Å². The van der Waals surface area contributed by atoms with E-state index in [4.69, 9.17) is 0 Å². The summed E-state index contributed by atoms with van der Waals surface area (Å²) < 4.78 is 25.2. The van der Waals surface area contributed by atoms with Crippen molar-refractivity contribution in [2.75, 3.05) is 37.8 Å². The van der Waals surface area contributed by atoms with Gasteiger partial charge in [-0.25, -0.2) is 13.4 Å². The molecule has 0 unspecified atom stereocenters. The number of aromatic nitrogens is 3. The van der Waals surface area contributed by atoms with E-state index < -0.39 is 15.6 Å². The van der Waals surface area contributed by atoms with Crippen molar-refractivity contribution in [1.29, 1.82) is 0 Å². The molecule has 0 atom stereocenters. The molecule has 158 valence electrons. The number of aromatic amines is 1. The summed E-state index contributed by atoms with van der Waals surface area (Å²) >= 11 is 0. The van der Waals surface area contributed by atoms with Crippen molar-refractivity contribution in [2.24, 2.45) is 0 Å². The van der Waals surface area contributed by atoms with Crippen LogP contribution in [-0.2, 0) is 14.8 Å². The Morgan fingerprint density at radius 2 is 2.00 bits per heavy atom. The van der Waals surface area contributed by atoms with Crippen LogP contribution in [-0.4, -0.2) is 76.7 Å². The van der Waals surface area contributed by atoms with Gasteiger partial charge in [0, 0.05) is 30.7 Å². The van der Waals surface area contributed by atoms with E-state index in [1.54, 1.807) is 0 Å². The molecule has 1 fully saturated rings. The van der Waals surface area contributed by atoms with Crippen LogP contribution >= 0.6 is 0 Å². The molecule has 1 amide bonds. The number of hydrogen-bond acceptors (Lipinski definition) is 6. The Labute approximate surface area is 171 Å². The normalized spacial score (nSPS) is 18.0. The van der Waals surface area contributed by atoms with Gasteiger partial charge in [-0.3, -0.25) is 14.8 Å². The molecular formula is C19H28N6O3S. The van der Waals surface area contributed by atoms with Gasteiger partial charge in [-0.2, -0.15) is 9.40 Å². The largest absolute Gasteiger partial charge is 0.324 e. The number of H-pyrrole nitrogens is 1. The summed E-state index contributed by atoms with van der Waals surface area (Å²) in [7, 11) is -3.25. The highest BCUT2D eigenvalue weighted by Gasteiger charge is 2.37. The van der Waals surface area contributed by atoms with Crippen molar-refractivity contribution in [3.8, 4) is 11.4 Å². The van der Waals surface area contributed by atoms with Gasteiger partial charge in [0.05, 0.1) is 18.5 Å². The predicted octanol–water partition coefficient (Wildman–Crippen LogP) is 1.38. The van der Waals surface area contributed by atoms with Crippen LogP contribution in [0.25, 0.3) is 11.4 Å². The molecule has 0 bridgehead atoms. The molecule has 0 saturated carbocycles. The van der Waals surface area contributed by atoms with Crippen molar-refractivity contribution in [3.63, 3.8) is 0 Å². The molecule has 2 N–H and O–H groups in total. The Bertz CT molecular complexity index is 1010. The molecule has 0 spiro atoms. The first kappa shape index (κ1) is 21.4. The fraction of sp³-hybridized carbons (Fsp3) is 0.526. The minimum absolute atomic E-state index is 0.162. The van der Waals surface area contributed by atoms with Crippen LogP contribution in [0, 0.1) is 13.8 Å². The number of anilines is 1. The molecule has 9 nitrogen and oxygen atoms in total. The summed E-state index contributed by atoms with van der Waals surface area (Å²) in [6.45, 7) is 9.07. The molecule has 2 aromatic rings. The Hall–Kier alpha value is -2.30. The third-order valence-corrected chi connectivity index (χ3v) is 6.38. The summed E-state index contributed by atoms with van der Waals surface area (Å²) in [6, 6.07) is 5.73. The maximum atomic E-state index is 12.8. The summed E-state index contributed by atoms with van der Waals surface area (Å²) in [4.78, 5) is 19.2. The zero-order chi connectivity index (χ0) is 21.4. The predicted molar refractivity (Wildman–Crippen MR) is 112 cm³/mol. The molecule has 1 saturated heterocycles. The van der Waals surface area contributed by atoms with Crippen molar-refractivity contribution in [2.45, 2.75) is 33.2 Å². The number of carbonyl (C=O) groups is 1. The molecule has 0 aliphatic carbocycles. The van der Waals surface area contributed by atoms with E-state index in [-0.39, 0.29) is 12.5 Å². The smallest absolute Gasteiger partial charge is 0.238 e. The van der Waals surface area contributed by atoms with E-state index in [2.05, 4.69) is 20.5 Å². The van der Waals surface area contributed by atoms with E-state index in [0.717, 1.165) is 11.1 Å². The van der Waals surface area contributed by atoms with Crippen LogP contribution in [0.15, 0.2) is 18.2 Å². The lowest BCUT2D eigenvalue weighted by atomic mass is 10.00. The minimum Gasteiger partial charge on any atom is -0.324 e. The van der Waals surface area contributed by atoms with Crippen LogP contribution < -0.4 is 5.32 Å². The van der Waals surface area contributed by atoms with Gasteiger partial charge in [-0.15, -0.1) is 0 Å². The van der Waals surface area contributed by atoms with Crippen molar-refractivity contribution in [1.82, 2.24) is 24.4 Å². The topological polar surface area (TPSA) is 111 Å². The zero-order valence-corrected chi connectivity index (χ0v) is 18.3. The second-order valence-corrected chi connectivity index (χ2v) is 10.2. The van der Waals surface area contributed by atoms with Crippen molar-refractivity contribution >= 4 is 21.6 Å². The first-order valence-corrected chi connectivity index (χ1v) is 11.3. The summed E-state index contributed by atoms with van der Waals surface area (Å²) in [5.74, 6) is 1.06. The minimum atomic E-state index is -3.25. The molecule has 10 heteroatoms. The number of nitrogens with zero attached hydrogens (tertiary/aromatic N) is 4. The monoisotopic (exact) mass is 420 g/mol. The van der Waals surface area contributed by atoms with Crippen molar-refractivity contribution in [3.05, 3.63) is 29.6 Å². The molecule has 1 aliphatic rings. The number of piperazine rings is 1. The average molecular weight is 421 g/mol. The molecular weight excluding hydrogens is 392 g/mol. The van der Waals surface area contributed by atoms with Gasteiger partial charge in [0.25, 0.3) is 0 Å². The Morgan fingerprint density at radius 1 is 1.28 bits per heavy atom. The SMILES string of the molecule is Cc1ccc(-c2n[nH]c(C)n2)c(NC(=O)CN2CCN(S(C)(=O)=O)CC2(C)C)c1. The van der Waals surface area contributed by atoms with Gasteiger partial charge in [0.2, 0.25) is 15.9 Å². The third-order valence-electron chi connectivity index (χ3n) is 5.13. The second kappa shape index (κ2) is 7.85. The van der Waals surface area contributed by atoms with Crippen LogP contribution in [0.1, 0.15) is 25.2 Å². The number of benzene rings is 1. The van der Waals surface area contributed by atoms with E-state index in [0.29, 0.717) is 37.0 Å². The fourth-order valence-corrected chi connectivity index (χ4v) is 4.47. The van der Waals surface area contributed by atoms with Crippen LogP contribution in [0.3, 0.4) is 0 Å². The lowest BCUT2D eigenvalue weighted by molar-refractivity contribution is -0.119. The number of aryl methyl sites for hydroxylation is 2. The second-order valence-electron chi connectivity index (χ2n) is 8.17. The highest BCUT2D eigenvalue weighted by Crippen LogP contribution is 2.27. The fourth-order valence-electron chi connectivity index (χ4n) is 3.50. The Kier molecular flexibility index (Phi) is 5.79. The van der Waals surface area contributed by atoms with E-state index in [1.807, 2.05) is 50.8 Å². The Balaban J connectivity index is 1.74. The van der Waals surface area contributed by atoms with Crippen LogP contribution in [0.2, 0.25) is 0 Å². The average Bonchev–Trinajstić information content (AvgIpc) is 3.02. The lowest BCUT2D eigenvalue weighted by Gasteiger charge is -2.45. The number of amides is 1.